The third-order valence-electron chi connectivity index (χ3n) is 3.11. The number of amides is 1. The number of carbonyl (C=O) groups is 1. The zero-order valence-electron chi connectivity index (χ0n) is 13.9. The van der Waals surface area contributed by atoms with Gasteiger partial charge < -0.3 is 14.6 Å². The Balaban J connectivity index is 1.90. The minimum atomic E-state index is -0.713. The van der Waals surface area contributed by atoms with Crippen molar-refractivity contribution in [1.29, 1.82) is 0 Å². The Morgan fingerprint density at radius 3 is 2.62 bits per heavy atom. The van der Waals surface area contributed by atoms with Gasteiger partial charge in [0.1, 0.15) is 0 Å². The quantitative estimate of drug-likeness (QED) is 0.423. The van der Waals surface area contributed by atoms with Crippen LogP contribution in [0.5, 0.6) is 17.2 Å². The smallest absolute Gasteiger partial charge is 0.311 e. The third kappa shape index (κ3) is 5.20. The van der Waals surface area contributed by atoms with E-state index in [4.69, 9.17) is 9.47 Å². The second-order valence-corrected chi connectivity index (χ2v) is 4.97. The zero-order valence-corrected chi connectivity index (χ0v) is 13.9. The number of nitrogens with zero attached hydrogens (tertiary/aromatic N) is 2. The van der Waals surface area contributed by atoms with E-state index < -0.39 is 22.3 Å². The van der Waals surface area contributed by atoms with Gasteiger partial charge in [0, 0.05) is 11.6 Å². The number of nitro groups is 1. The number of carbonyl (C=O) groups excluding carboxylic acids is 1. The van der Waals surface area contributed by atoms with Crippen molar-refractivity contribution in [3.8, 4) is 17.2 Å². The maximum atomic E-state index is 11.8. The van der Waals surface area contributed by atoms with Crippen LogP contribution in [0.15, 0.2) is 47.6 Å². The standard InChI is InChI=1S/C17H17N3O6/c1-2-25-15-5-3-4-6-16(15)26-11-17(22)19-18-10-12-7-8-14(21)13(9-12)20(23)24/h3-10,21H,2,11H2,1H3,(H,19,22)/b18-10+. The number of para-hydroxylation sites is 2. The lowest BCUT2D eigenvalue weighted by Crippen LogP contribution is -2.24. The Labute approximate surface area is 149 Å². The van der Waals surface area contributed by atoms with E-state index in [1.165, 1.54) is 18.3 Å². The first-order chi connectivity index (χ1) is 12.5. The normalized spacial score (nSPS) is 10.5. The molecule has 9 heteroatoms. The number of phenolic OH excluding ortho intramolecular Hbond substituents is 1. The van der Waals surface area contributed by atoms with E-state index in [1.807, 2.05) is 6.92 Å². The summed E-state index contributed by atoms with van der Waals surface area (Å²) >= 11 is 0. The topological polar surface area (TPSA) is 123 Å². The number of aromatic hydroxyl groups is 1. The summed E-state index contributed by atoms with van der Waals surface area (Å²) in [5, 5.41) is 23.8. The molecule has 136 valence electrons. The molecule has 0 spiro atoms. The highest BCUT2D eigenvalue weighted by Gasteiger charge is 2.12. The fraction of sp³-hybridized carbons (Fsp3) is 0.176. The minimum absolute atomic E-state index is 0.281. The van der Waals surface area contributed by atoms with Gasteiger partial charge in [0.25, 0.3) is 5.91 Å². The van der Waals surface area contributed by atoms with Crippen molar-refractivity contribution in [2.24, 2.45) is 5.10 Å². The summed E-state index contributed by atoms with van der Waals surface area (Å²) in [5.41, 5.74) is 2.15. The first kappa shape index (κ1) is 18.7. The van der Waals surface area contributed by atoms with Gasteiger partial charge >= 0.3 is 5.69 Å². The van der Waals surface area contributed by atoms with Gasteiger partial charge in [-0.15, -0.1) is 0 Å². The van der Waals surface area contributed by atoms with Crippen molar-refractivity contribution in [1.82, 2.24) is 5.43 Å². The minimum Gasteiger partial charge on any atom is -0.502 e. The summed E-state index contributed by atoms with van der Waals surface area (Å²) < 4.78 is 10.8. The number of nitro benzene ring substituents is 1. The molecule has 0 fully saturated rings. The molecule has 0 unspecified atom stereocenters. The van der Waals surface area contributed by atoms with Crippen LogP contribution in [0.3, 0.4) is 0 Å². The summed E-state index contributed by atoms with van der Waals surface area (Å²) in [6, 6.07) is 10.7. The molecule has 1 amide bonds. The number of rotatable bonds is 8. The number of phenols is 1. The van der Waals surface area contributed by atoms with E-state index in [0.717, 1.165) is 6.07 Å². The molecule has 2 aromatic carbocycles. The van der Waals surface area contributed by atoms with Crippen molar-refractivity contribution in [3.05, 3.63) is 58.1 Å². The number of nitrogens with one attached hydrogen (secondary N) is 1. The van der Waals surface area contributed by atoms with Crippen LogP contribution in [-0.4, -0.2) is 35.4 Å². The summed E-state index contributed by atoms with van der Waals surface area (Å²) in [4.78, 5) is 21.8. The summed E-state index contributed by atoms with van der Waals surface area (Å²) in [6.45, 7) is 2.03. The maximum Gasteiger partial charge on any atom is 0.311 e. The lowest BCUT2D eigenvalue weighted by molar-refractivity contribution is -0.385. The molecule has 0 aliphatic carbocycles. The molecule has 0 aliphatic heterocycles. The van der Waals surface area contributed by atoms with E-state index in [0.29, 0.717) is 23.7 Å². The van der Waals surface area contributed by atoms with Crippen LogP contribution in [0.25, 0.3) is 0 Å². The summed E-state index contributed by atoms with van der Waals surface area (Å²) in [5.74, 6) is 0.00345. The fourth-order valence-corrected chi connectivity index (χ4v) is 1.97. The average Bonchev–Trinajstić information content (AvgIpc) is 2.62. The lowest BCUT2D eigenvalue weighted by atomic mass is 10.2. The first-order valence-corrected chi connectivity index (χ1v) is 7.65. The van der Waals surface area contributed by atoms with Crippen LogP contribution < -0.4 is 14.9 Å². The molecule has 9 nitrogen and oxygen atoms in total. The maximum absolute atomic E-state index is 11.8. The van der Waals surface area contributed by atoms with Crippen LogP contribution in [-0.2, 0) is 4.79 Å². The molecule has 0 bridgehead atoms. The van der Waals surface area contributed by atoms with Crippen LogP contribution >= 0.6 is 0 Å². The highest BCUT2D eigenvalue weighted by molar-refractivity contribution is 5.84. The van der Waals surface area contributed by atoms with Crippen molar-refractivity contribution >= 4 is 17.8 Å². The third-order valence-corrected chi connectivity index (χ3v) is 3.11. The highest BCUT2D eigenvalue weighted by Crippen LogP contribution is 2.26. The molecule has 0 atom stereocenters. The van der Waals surface area contributed by atoms with Crippen molar-refractivity contribution < 1.29 is 24.3 Å². The Hall–Kier alpha value is -3.62. The van der Waals surface area contributed by atoms with Crippen molar-refractivity contribution in [2.45, 2.75) is 6.92 Å². The Bertz CT molecular complexity index is 822. The number of hydrogen-bond acceptors (Lipinski definition) is 7. The lowest BCUT2D eigenvalue weighted by Gasteiger charge is -2.10. The molecule has 2 N–H and O–H groups in total. The van der Waals surface area contributed by atoms with Gasteiger partial charge in [-0.05, 0) is 31.2 Å². The van der Waals surface area contributed by atoms with Crippen LogP contribution in [0.4, 0.5) is 5.69 Å². The number of benzene rings is 2. The largest absolute Gasteiger partial charge is 0.502 e. The van der Waals surface area contributed by atoms with Gasteiger partial charge in [0.2, 0.25) is 0 Å². The van der Waals surface area contributed by atoms with Gasteiger partial charge in [0.15, 0.2) is 23.9 Å². The van der Waals surface area contributed by atoms with Crippen molar-refractivity contribution in [3.63, 3.8) is 0 Å². The molecule has 0 saturated heterocycles. The van der Waals surface area contributed by atoms with Gasteiger partial charge in [-0.3, -0.25) is 14.9 Å². The van der Waals surface area contributed by atoms with Crippen LogP contribution in [0.2, 0.25) is 0 Å². The van der Waals surface area contributed by atoms with Gasteiger partial charge in [-0.25, -0.2) is 5.43 Å². The SMILES string of the molecule is CCOc1ccccc1OCC(=O)N/N=C/c1ccc(O)c([N+](=O)[O-])c1. The Morgan fingerprint density at radius 1 is 1.27 bits per heavy atom. The first-order valence-electron chi connectivity index (χ1n) is 7.65. The Morgan fingerprint density at radius 2 is 1.96 bits per heavy atom. The summed E-state index contributed by atoms with van der Waals surface area (Å²) in [7, 11) is 0. The Kier molecular flexibility index (Phi) is 6.49. The van der Waals surface area contributed by atoms with E-state index in [2.05, 4.69) is 10.5 Å². The van der Waals surface area contributed by atoms with Crippen LogP contribution in [0, 0.1) is 10.1 Å². The van der Waals surface area contributed by atoms with Gasteiger partial charge in [-0.1, -0.05) is 12.1 Å². The van der Waals surface area contributed by atoms with E-state index >= 15 is 0 Å². The number of hydrazone groups is 1. The molecule has 0 radical (unpaired) electrons. The molecule has 0 aliphatic rings. The number of ether oxygens (including phenoxy) is 2. The average molecular weight is 359 g/mol. The van der Waals surface area contributed by atoms with Crippen molar-refractivity contribution in [2.75, 3.05) is 13.2 Å². The van der Waals surface area contributed by atoms with E-state index in [1.54, 1.807) is 24.3 Å². The second kappa shape index (κ2) is 9.02. The van der Waals surface area contributed by atoms with Gasteiger partial charge in [0.05, 0.1) is 17.7 Å². The molecule has 0 heterocycles. The molecule has 0 saturated carbocycles. The molecule has 0 aromatic heterocycles. The molecule has 2 rings (SSSR count). The van der Waals surface area contributed by atoms with Crippen LogP contribution in [0.1, 0.15) is 12.5 Å². The molecule has 2 aromatic rings. The van der Waals surface area contributed by atoms with E-state index in [-0.39, 0.29) is 6.61 Å². The predicted molar refractivity (Wildman–Crippen MR) is 93.6 cm³/mol. The van der Waals surface area contributed by atoms with E-state index in [9.17, 15) is 20.0 Å². The van der Waals surface area contributed by atoms with Gasteiger partial charge in [-0.2, -0.15) is 5.10 Å². The zero-order chi connectivity index (χ0) is 18.9. The molecular formula is C17H17N3O6. The predicted octanol–water partition coefficient (Wildman–Crippen LogP) is 2.23. The summed E-state index contributed by atoms with van der Waals surface area (Å²) in [6.07, 6.45) is 1.22. The fourth-order valence-electron chi connectivity index (χ4n) is 1.97. The molecule has 26 heavy (non-hydrogen) atoms. The second-order valence-electron chi connectivity index (χ2n) is 4.97. The highest BCUT2D eigenvalue weighted by atomic mass is 16.6. The monoisotopic (exact) mass is 359 g/mol. The number of hydrogen-bond donors (Lipinski definition) is 2. The molecular weight excluding hydrogens is 342 g/mol.